The van der Waals surface area contributed by atoms with Crippen LogP contribution in [0.4, 0.5) is 0 Å². The molecular weight excluding hydrogens is 390 g/mol. The number of amides is 1. The van der Waals surface area contributed by atoms with E-state index in [0.29, 0.717) is 41.0 Å². The minimum Gasteiger partial charge on any atom is -0.497 e. The number of carbonyl (C=O) groups excluding carboxylic acids is 1. The van der Waals surface area contributed by atoms with Crippen LogP contribution in [0.1, 0.15) is 24.3 Å². The molecule has 3 rings (SSSR count). The van der Waals surface area contributed by atoms with E-state index in [-0.39, 0.29) is 5.91 Å². The summed E-state index contributed by atoms with van der Waals surface area (Å²) in [5.41, 5.74) is 2.64. The van der Waals surface area contributed by atoms with Crippen LogP contribution in [0.25, 0.3) is 16.9 Å². The van der Waals surface area contributed by atoms with Crippen LogP contribution in [0.2, 0.25) is 5.02 Å². The Morgan fingerprint density at radius 1 is 1.03 bits per heavy atom. The molecule has 0 aliphatic carbocycles. The Morgan fingerprint density at radius 2 is 1.72 bits per heavy atom. The largest absolute Gasteiger partial charge is 0.497 e. The summed E-state index contributed by atoms with van der Waals surface area (Å²) in [6.07, 6.45) is 0. The molecule has 1 heterocycles. The molecule has 0 atom stereocenters. The molecule has 0 aliphatic rings. The second kappa shape index (κ2) is 9.01. The van der Waals surface area contributed by atoms with E-state index in [0.717, 1.165) is 11.3 Å². The predicted octanol–water partition coefficient (Wildman–Crippen LogP) is 4.69. The first-order chi connectivity index (χ1) is 14.0. The fraction of sp³-hybridized carbons (Fsp3) is 0.273. The first-order valence-corrected chi connectivity index (χ1v) is 9.77. The second-order valence-electron chi connectivity index (χ2n) is 6.35. The molecule has 0 saturated carbocycles. The van der Waals surface area contributed by atoms with Gasteiger partial charge in [0.15, 0.2) is 0 Å². The summed E-state index contributed by atoms with van der Waals surface area (Å²) >= 11 is 6.03. The van der Waals surface area contributed by atoms with Crippen molar-refractivity contribution in [3.8, 4) is 28.4 Å². The maximum Gasteiger partial charge on any atom is 0.272 e. The van der Waals surface area contributed by atoms with Crippen molar-refractivity contribution in [1.29, 1.82) is 0 Å². The molecule has 6 nitrogen and oxygen atoms in total. The molecule has 0 aliphatic heterocycles. The normalized spacial score (nSPS) is 10.7. The van der Waals surface area contributed by atoms with Gasteiger partial charge < -0.3 is 14.4 Å². The zero-order valence-electron chi connectivity index (χ0n) is 17.0. The third kappa shape index (κ3) is 4.22. The summed E-state index contributed by atoms with van der Waals surface area (Å²) < 4.78 is 12.4. The molecule has 0 fully saturated rings. The highest BCUT2D eigenvalue weighted by molar-refractivity contribution is 6.30. The Hall–Kier alpha value is -2.99. The van der Waals surface area contributed by atoms with Crippen LogP contribution in [-0.2, 0) is 0 Å². The van der Waals surface area contributed by atoms with Crippen LogP contribution in [0.5, 0.6) is 11.5 Å². The lowest BCUT2D eigenvalue weighted by atomic mass is 10.1. The van der Waals surface area contributed by atoms with Crippen LogP contribution in [-0.4, -0.2) is 47.9 Å². The maximum atomic E-state index is 13.2. The summed E-state index contributed by atoms with van der Waals surface area (Å²) in [5.74, 6) is 1.21. The minimum atomic E-state index is -0.0869. The standard InChI is InChI=1S/C22H24ClN3O3/c1-5-25(6-2)22(27)20-14-19(18-12-11-17(28-3)13-21(18)29-4)24-26(20)16-9-7-15(23)8-10-16/h7-14H,5-6H2,1-4H3. The van der Waals surface area contributed by atoms with Crippen LogP contribution in [0.3, 0.4) is 0 Å². The van der Waals surface area contributed by atoms with Gasteiger partial charge >= 0.3 is 0 Å². The van der Waals surface area contributed by atoms with Gasteiger partial charge in [-0.05, 0) is 56.3 Å². The lowest BCUT2D eigenvalue weighted by Gasteiger charge is -2.19. The molecule has 0 bridgehead atoms. The molecular formula is C22H24ClN3O3. The SMILES string of the molecule is CCN(CC)C(=O)c1cc(-c2ccc(OC)cc2OC)nn1-c1ccc(Cl)cc1. The van der Waals surface area contributed by atoms with Gasteiger partial charge in [-0.15, -0.1) is 0 Å². The monoisotopic (exact) mass is 413 g/mol. The van der Waals surface area contributed by atoms with Crippen LogP contribution in [0, 0.1) is 0 Å². The van der Waals surface area contributed by atoms with Crippen molar-refractivity contribution < 1.29 is 14.3 Å². The van der Waals surface area contributed by atoms with Crippen molar-refractivity contribution in [3.05, 3.63) is 59.2 Å². The highest BCUT2D eigenvalue weighted by Crippen LogP contribution is 2.33. The molecule has 29 heavy (non-hydrogen) atoms. The zero-order valence-corrected chi connectivity index (χ0v) is 17.7. The second-order valence-corrected chi connectivity index (χ2v) is 6.78. The number of nitrogens with zero attached hydrogens (tertiary/aromatic N) is 3. The van der Waals surface area contributed by atoms with E-state index in [9.17, 15) is 4.79 Å². The van der Waals surface area contributed by atoms with Gasteiger partial charge in [-0.2, -0.15) is 5.10 Å². The van der Waals surface area contributed by atoms with Gasteiger partial charge in [0.2, 0.25) is 0 Å². The average molecular weight is 414 g/mol. The Balaban J connectivity index is 2.17. The predicted molar refractivity (Wildman–Crippen MR) is 114 cm³/mol. The van der Waals surface area contributed by atoms with Gasteiger partial charge in [0.05, 0.1) is 25.6 Å². The Kier molecular flexibility index (Phi) is 6.44. The lowest BCUT2D eigenvalue weighted by Crippen LogP contribution is -2.32. The Bertz CT molecular complexity index is 995. The molecule has 1 amide bonds. The molecule has 2 aromatic carbocycles. The van der Waals surface area contributed by atoms with Gasteiger partial charge in [0.1, 0.15) is 17.2 Å². The minimum absolute atomic E-state index is 0.0869. The summed E-state index contributed by atoms with van der Waals surface area (Å²) in [6.45, 7) is 5.14. The van der Waals surface area contributed by atoms with Crippen molar-refractivity contribution in [1.82, 2.24) is 14.7 Å². The van der Waals surface area contributed by atoms with Gasteiger partial charge in [-0.1, -0.05) is 11.6 Å². The molecule has 0 N–H and O–H groups in total. The molecule has 0 saturated heterocycles. The fourth-order valence-corrected chi connectivity index (χ4v) is 3.25. The topological polar surface area (TPSA) is 56.6 Å². The van der Waals surface area contributed by atoms with E-state index in [1.807, 2.05) is 38.1 Å². The summed E-state index contributed by atoms with van der Waals surface area (Å²) in [4.78, 5) is 14.9. The Labute approximate surface area is 175 Å². The number of rotatable bonds is 7. The average Bonchev–Trinajstić information content (AvgIpc) is 3.19. The molecule has 0 unspecified atom stereocenters. The molecule has 1 aromatic heterocycles. The van der Waals surface area contributed by atoms with E-state index in [1.54, 1.807) is 48.1 Å². The molecule has 0 radical (unpaired) electrons. The molecule has 152 valence electrons. The smallest absolute Gasteiger partial charge is 0.272 e. The number of aromatic nitrogens is 2. The van der Waals surface area contributed by atoms with Gasteiger partial charge in [0, 0.05) is 29.7 Å². The van der Waals surface area contributed by atoms with E-state index in [2.05, 4.69) is 0 Å². The van der Waals surface area contributed by atoms with Crippen molar-refractivity contribution >= 4 is 17.5 Å². The summed E-state index contributed by atoms with van der Waals surface area (Å²) in [5, 5.41) is 5.34. The van der Waals surface area contributed by atoms with Gasteiger partial charge in [0.25, 0.3) is 5.91 Å². The third-order valence-electron chi connectivity index (χ3n) is 4.73. The van der Waals surface area contributed by atoms with E-state index >= 15 is 0 Å². The highest BCUT2D eigenvalue weighted by Gasteiger charge is 2.22. The quantitative estimate of drug-likeness (QED) is 0.563. The number of methoxy groups -OCH3 is 2. The maximum absolute atomic E-state index is 13.2. The number of hydrogen-bond acceptors (Lipinski definition) is 4. The van der Waals surface area contributed by atoms with E-state index in [1.165, 1.54) is 0 Å². The van der Waals surface area contributed by atoms with Crippen LogP contribution in [0.15, 0.2) is 48.5 Å². The third-order valence-corrected chi connectivity index (χ3v) is 4.99. The van der Waals surface area contributed by atoms with Crippen LogP contribution >= 0.6 is 11.6 Å². The first-order valence-electron chi connectivity index (χ1n) is 9.40. The summed E-state index contributed by atoms with van der Waals surface area (Å²) in [6, 6.07) is 14.5. The van der Waals surface area contributed by atoms with Crippen molar-refractivity contribution in [3.63, 3.8) is 0 Å². The lowest BCUT2D eigenvalue weighted by molar-refractivity contribution is 0.0764. The molecule has 3 aromatic rings. The number of ether oxygens (including phenoxy) is 2. The molecule has 7 heteroatoms. The molecule has 0 spiro atoms. The number of carbonyl (C=O) groups is 1. The van der Waals surface area contributed by atoms with Crippen molar-refractivity contribution in [2.45, 2.75) is 13.8 Å². The number of benzene rings is 2. The van der Waals surface area contributed by atoms with Gasteiger partial charge in [-0.25, -0.2) is 4.68 Å². The van der Waals surface area contributed by atoms with E-state index < -0.39 is 0 Å². The van der Waals surface area contributed by atoms with Crippen LogP contribution < -0.4 is 9.47 Å². The zero-order chi connectivity index (χ0) is 21.0. The highest BCUT2D eigenvalue weighted by atomic mass is 35.5. The first kappa shape index (κ1) is 20.7. The number of hydrogen-bond donors (Lipinski definition) is 0. The van der Waals surface area contributed by atoms with Crippen molar-refractivity contribution in [2.24, 2.45) is 0 Å². The summed E-state index contributed by atoms with van der Waals surface area (Å²) in [7, 11) is 3.20. The Morgan fingerprint density at radius 3 is 2.31 bits per heavy atom. The number of halogens is 1. The van der Waals surface area contributed by atoms with Crippen molar-refractivity contribution in [2.75, 3.05) is 27.3 Å². The fourth-order valence-electron chi connectivity index (χ4n) is 3.13. The van der Waals surface area contributed by atoms with Gasteiger partial charge in [-0.3, -0.25) is 4.79 Å². The van der Waals surface area contributed by atoms with E-state index in [4.69, 9.17) is 26.2 Å².